The highest BCUT2D eigenvalue weighted by Crippen LogP contribution is 2.36. The molecule has 0 radical (unpaired) electrons. The summed E-state index contributed by atoms with van der Waals surface area (Å²) in [7, 11) is -1.74. The minimum atomic E-state index is -1.74. The van der Waals surface area contributed by atoms with Gasteiger partial charge in [-0.15, -0.1) is 0 Å². The van der Waals surface area contributed by atoms with Gasteiger partial charge in [-0.3, -0.25) is 0 Å². The van der Waals surface area contributed by atoms with Crippen LogP contribution in [0.15, 0.2) is 42.9 Å². The fourth-order valence-electron chi connectivity index (χ4n) is 2.25. The van der Waals surface area contributed by atoms with Crippen molar-refractivity contribution in [2.45, 2.75) is 57.9 Å². The van der Waals surface area contributed by atoms with E-state index in [2.05, 4.69) is 73.9 Å². The van der Waals surface area contributed by atoms with E-state index in [0.29, 0.717) is 6.61 Å². The van der Waals surface area contributed by atoms with Gasteiger partial charge in [-0.25, -0.2) is 4.98 Å². The maximum atomic E-state index is 6.27. The van der Waals surface area contributed by atoms with Crippen LogP contribution in [0.25, 0.3) is 0 Å². The van der Waals surface area contributed by atoms with Gasteiger partial charge in [-0.2, -0.15) is 0 Å². The molecule has 4 nitrogen and oxygen atoms in total. The van der Waals surface area contributed by atoms with Gasteiger partial charge in [0.05, 0.1) is 12.0 Å². The molecule has 0 saturated heterocycles. The second-order valence-corrected chi connectivity index (χ2v) is 12.9. The van der Waals surface area contributed by atoms with E-state index in [0.717, 1.165) is 18.7 Å². The molecule has 0 aliphatic heterocycles. The van der Waals surface area contributed by atoms with E-state index in [1.54, 1.807) is 0 Å². The van der Waals surface area contributed by atoms with Crippen LogP contribution < -0.4 is 5.73 Å². The van der Waals surface area contributed by atoms with E-state index in [9.17, 15) is 0 Å². The molecule has 0 aliphatic carbocycles. The fourth-order valence-corrected chi connectivity index (χ4v) is 3.32. The molecule has 132 valence electrons. The first-order valence-corrected chi connectivity index (χ1v) is 11.5. The standard InChI is InChI=1S/C19H31N3OSi/c1-19(2,3)24(4,5)23-14-17(20)11-18-13-22(15-21-18)12-16-9-7-6-8-10-16/h6-10,13,15,17H,11-12,14,20H2,1-5H3. The summed E-state index contributed by atoms with van der Waals surface area (Å²) in [6, 6.07) is 10.4. The van der Waals surface area contributed by atoms with Crippen LogP contribution in [0.2, 0.25) is 18.1 Å². The molecule has 1 atom stereocenters. The molecule has 0 bridgehead atoms. The Bertz CT molecular complexity index is 632. The van der Waals surface area contributed by atoms with Crippen LogP contribution in [0, 0.1) is 0 Å². The number of nitrogens with zero attached hydrogens (tertiary/aromatic N) is 2. The van der Waals surface area contributed by atoms with E-state index in [1.807, 2.05) is 12.4 Å². The Labute approximate surface area is 147 Å². The molecule has 0 saturated carbocycles. The summed E-state index contributed by atoms with van der Waals surface area (Å²) >= 11 is 0. The minimum Gasteiger partial charge on any atom is -0.415 e. The molecule has 0 aliphatic rings. The quantitative estimate of drug-likeness (QED) is 0.776. The Hall–Kier alpha value is -1.43. The SMILES string of the molecule is CC(C)(C)[Si](C)(C)OCC(N)Cc1cn(Cc2ccccc2)cn1. The molecule has 0 fully saturated rings. The summed E-state index contributed by atoms with van der Waals surface area (Å²) < 4.78 is 8.31. The highest BCUT2D eigenvalue weighted by atomic mass is 28.4. The molecule has 2 aromatic rings. The van der Waals surface area contributed by atoms with Crippen molar-refractivity contribution in [3.63, 3.8) is 0 Å². The van der Waals surface area contributed by atoms with Crippen LogP contribution in [0.5, 0.6) is 0 Å². The fraction of sp³-hybridized carbons (Fsp3) is 0.526. The van der Waals surface area contributed by atoms with E-state index >= 15 is 0 Å². The first-order valence-electron chi connectivity index (χ1n) is 8.61. The van der Waals surface area contributed by atoms with Gasteiger partial charge in [-0.1, -0.05) is 51.1 Å². The summed E-state index contributed by atoms with van der Waals surface area (Å²) in [5, 5.41) is 0.212. The van der Waals surface area contributed by atoms with Crippen LogP contribution in [0.4, 0.5) is 0 Å². The Morgan fingerprint density at radius 1 is 1.21 bits per heavy atom. The maximum Gasteiger partial charge on any atom is 0.192 e. The normalized spacial score (nSPS) is 13.9. The van der Waals surface area contributed by atoms with Crippen molar-refractivity contribution >= 4 is 8.32 Å². The number of benzene rings is 1. The third-order valence-electron chi connectivity index (χ3n) is 4.83. The Morgan fingerprint density at radius 2 is 1.88 bits per heavy atom. The topological polar surface area (TPSA) is 53.1 Å². The van der Waals surface area contributed by atoms with Crippen molar-refractivity contribution in [1.82, 2.24) is 9.55 Å². The molecule has 0 amide bonds. The van der Waals surface area contributed by atoms with Gasteiger partial charge < -0.3 is 14.7 Å². The molecule has 1 aromatic heterocycles. The first kappa shape index (κ1) is 18.9. The second-order valence-electron chi connectivity index (χ2n) is 8.06. The molecular weight excluding hydrogens is 314 g/mol. The van der Waals surface area contributed by atoms with Crippen molar-refractivity contribution in [2.24, 2.45) is 5.73 Å². The second kappa shape index (κ2) is 7.63. The molecule has 2 rings (SSSR count). The lowest BCUT2D eigenvalue weighted by atomic mass is 10.2. The van der Waals surface area contributed by atoms with Crippen molar-refractivity contribution in [3.8, 4) is 0 Å². The molecule has 1 unspecified atom stereocenters. The van der Waals surface area contributed by atoms with Crippen LogP contribution in [-0.2, 0) is 17.4 Å². The Balaban J connectivity index is 1.86. The molecule has 2 N–H and O–H groups in total. The lowest BCUT2D eigenvalue weighted by molar-refractivity contribution is 0.262. The van der Waals surface area contributed by atoms with Gasteiger partial charge in [0.1, 0.15) is 0 Å². The lowest BCUT2D eigenvalue weighted by Gasteiger charge is -2.36. The molecule has 1 aromatic carbocycles. The molecule has 0 spiro atoms. The smallest absolute Gasteiger partial charge is 0.192 e. The van der Waals surface area contributed by atoms with Crippen molar-refractivity contribution in [2.75, 3.05) is 6.61 Å². The number of hydrogen-bond donors (Lipinski definition) is 1. The van der Waals surface area contributed by atoms with Crippen molar-refractivity contribution < 1.29 is 4.43 Å². The zero-order valence-electron chi connectivity index (χ0n) is 15.6. The van der Waals surface area contributed by atoms with Crippen molar-refractivity contribution in [3.05, 3.63) is 54.1 Å². The number of imidazole rings is 1. The predicted molar refractivity (Wildman–Crippen MR) is 103 cm³/mol. The summed E-state index contributed by atoms with van der Waals surface area (Å²) in [5.41, 5.74) is 8.56. The first-order chi connectivity index (χ1) is 11.2. The molecule has 1 heterocycles. The maximum absolute atomic E-state index is 6.27. The van der Waals surface area contributed by atoms with Crippen LogP contribution in [0.1, 0.15) is 32.0 Å². The average molecular weight is 346 g/mol. The van der Waals surface area contributed by atoms with Crippen LogP contribution in [0.3, 0.4) is 0 Å². The zero-order chi connectivity index (χ0) is 17.8. The van der Waals surface area contributed by atoms with Gasteiger partial charge in [0, 0.05) is 31.8 Å². The molecule has 5 heteroatoms. The van der Waals surface area contributed by atoms with Gasteiger partial charge in [-0.05, 0) is 23.7 Å². The minimum absolute atomic E-state index is 0.0146. The highest BCUT2D eigenvalue weighted by molar-refractivity contribution is 6.74. The predicted octanol–water partition coefficient (Wildman–Crippen LogP) is 3.82. The average Bonchev–Trinajstić information content (AvgIpc) is 2.92. The Kier molecular flexibility index (Phi) is 6.01. The number of aromatic nitrogens is 2. The van der Waals surface area contributed by atoms with Gasteiger partial charge in [0.15, 0.2) is 8.32 Å². The van der Waals surface area contributed by atoms with Gasteiger partial charge >= 0.3 is 0 Å². The summed E-state index contributed by atoms with van der Waals surface area (Å²) in [6.45, 7) is 12.7. The van der Waals surface area contributed by atoms with E-state index in [1.165, 1.54) is 5.56 Å². The van der Waals surface area contributed by atoms with E-state index in [4.69, 9.17) is 10.2 Å². The number of hydrogen-bond acceptors (Lipinski definition) is 3. The highest BCUT2D eigenvalue weighted by Gasteiger charge is 2.37. The van der Waals surface area contributed by atoms with Crippen molar-refractivity contribution in [1.29, 1.82) is 0 Å². The monoisotopic (exact) mass is 345 g/mol. The number of nitrogens with two attached hydrogens (primary N) is 1. The van der Waals surface area contributed by atoms with E-state index < -0.39 is 8.32 Å². The van der Waals surface area contributed by atoms with Gasteiger partial charge in [0.25, 0.3) is 0 Å². The molecular formula is C19H31N3OSi. The summed E-state index contributed by atoms with van der Waals surface area (Å²) in [6.07, 6.45) is 4.71. The number of rotatable bonds is 7. The lowest BCUT2D eigenvalue weighted by Crippen LogP contribution is -2.44. The molecule has 24 heavy (non-hydrogen) atoms. The largest absolute Gasteiger partial charge is 0.415 e. The Morgan fingerprint density at radius 3 is 2.50 bits per heavy atom. The zero-order valence-corrected chi connectivity index (χ0v) is 16.6. The summed E-state index contributed by atoms with van der Waals surface area (Å²) in [5.74, 6) is 0. The van der Waals surface area contributed by atoms with Crippen LogP contribution in [-0.4, -0.2) is 30.5 Å². The third kappa shape index (κ3) is 5.29. The van der Waals surface area contributed by atoms with Crippen LogP contribution >= 0.6 is 0 Å². The third-order valence-corrected chi connectivity index (χ3v) is 9.33. The summed E-state index contributed by atoms with van der Waals surface area (Å²) in [4.78, 5) is 4.48. The van der Waals surface area contributed by atoms with Gasteiger partial charge in [0.2, 0.25) is 0 Å². The van der Waals surface area contributed by atoms with E-state index in [-0.39, 0.29) is 11.1 Å².